The van der Waals surface area contributed by atoms with E-state index in [0.29, 0.717) is 25.7 Å². The molecule has 0 spiro atoms. The Morgan fingerprint density at radius 3 is 0.776 bits per heavy atom. The first-order valence-corrected chi connectivity index (χ1v) is 44.0. The predicted molar refractivity (Wildman–Crippen MR) is 400 cm³/mol. The van der Waals surface area contributed by atoms with Crippen molar-refractivity contribution in [1.82, 2.24) is 0 Å². The van der Waals surface area contributed by atoms with Crippen molar-refractivity contribution in [3.63, 3.8) is 0 Å². The molecule has 0 aromatic carbocycles. The van der Waals surface area contributed by atoms with Crippen molar-refractivity contribution in [1.29, 1.82) is 0 Å². The van der Waals surface area contributed by atoms with Gasteiger partial charge in [-0.1, -0.05) is 363 Å². The molecule has 0 aromatic heterocycles. The lowest BCUT2D eigenvalue weighted by Gasteiger charge is -2.21. The van der Waals surface area contributed by atoms with E-state index in [2.05, 4.69) is 41.5 Å². The second kappa shape index (κ2) is 70.7. The van der Waals surface area contributed by atoms with Crippen molar-refractivity contribution in [3.8, 4) is 0 Å². The number of hydrogen-bond donors (Lipinski definition) is 3. The van der Waals surface area contributed by atoms with Gasteiger partial charge in [-0.05, 0) is 37.5 Å². The average molecular weight is 1440 g/mol. The molecule has 0 amide bonds. The maximum Gasteiger partial charge on any atom is 0.472 e. The molecule has 0 heterocycles. The molecule has 98 heavy (non-hydrogen) atoms. The van der Waals surface area contributed by atoms with Crippen molar-refractivity contribution < 1.29 is 80.2 Å². The number of aliphatic hydroxyl groups is 1. The molecule has 3 N–H and O–H groups in total. The summed E-state index contributed by atoms with van der Waals surface area (Å²) in [6, 6.07) is 0. The average Bonchev–Trinajstić information content (AvgIpc) is 0.987. The zero-order chi connectivity index (χ0) is 72.1. The van der Waals surface area contributed by atoms with Gasteiger partial charge in [-0.25, -0.2) is 9.13 Å². The summed E-state index contributed by atoms with van der Waals surface area (Å²) in [7, 11) is -9.91. The van der Waals surface area contributed by atoms with Crippen LogP contribution in [0, 0.1) is 11.8 Å². The molecule has 582 valence electrons. The van der Waals surface area contributed by atoms with Gasteiger partial charge in [0.1, 0.15) is 19.3 Å². The molecule has 0 radical (unpaired) electrons. The number of esters is 4. The Balaban J connectivity index is 5.19. The van der Waals surface area contributed by atoms with E-state index in [-0.39, 0.29) is 25.7 Å². The zero-order valence-corrected chi connectivity index (χ0v) is 65.9. The van der Waals surface area contributed by atoms with Crippen LogP contribution in [-0.2, 0) is 65.4 Å². The molecule has 0 saturated carbocycles. The van der Waals surface area contributed by atoms with E-state index in [9.17, 15) is 43.2 Å². The van der Waals surface area contributed by atoms with E-state index in [1.54, 1.807) is 0 Å². The van der Waals surface area contributed by atoms with Gasteiger partial charge in [0.25, 0.3) is 0 Å². The number of aliphatic hydroxyl groups excluding tert-OH is 1. The SMILES string of the molecule is CCCCCCCCCCCCCCCCCCCCCCCCC(=O)O[C@H](COC(=O)CCCCCCCCCCCCCCCCC)COP(=O)(O)OC[C@@H](O)COP(=O)(O)OC[C@@H](COC(=O)CCCCCCCCC(C)CC)OC(=O)CCCCCCCCCCC(C)C. The van der Waals surface area contributed by atoms with Crippen LogP contribution in [0.4, 0.5) is 0 Å². The van der Waals surface area contributed by atoms with E-state index < -0.39 is 97.5 Å². The molecule has 19 heteroatoms. The third-order valence-electron chi connectivity index (χ3n) is 18.8. The maximum atomic E-state index is 13.1. The topological polar surface area (TPSA) is 237 Å². The number of phosphoric ester groups is 2. The zero-order valence-electron chi connectivity index (χ0n) is 64.1. The highest BCUT2D eigenvalue weighted by Crippen LogP contribution is 2.45. The number of phosphoric acid groups is 2. The van der Waals surface area contributed by atoms with Gasteiger partial charge >= 0.3 is 39.5 Å². The molecule has 3 unspecified atom stereocenters. The van der Waals surface area contributed by atoms with Gasteiger partial charge in [0.2, 0.25) is 0 Å². The summed E-state index contributed by atoms with van der Waals surface area (Å²) >= 11 is 0. The quantitative estimate of drug-likeness (QED) is 0.0222. The van der Waals surface area contributed by atoms with Gasteiger partial charge in [0.05, 0.1) is 26.4 Å². The number of unbranched alkanes of at least 4 members (excludes halogenated alkanes) is 47. The summed E-state index contributed by atoms with van der Waals surface area (Å²) in [5.74, 6) is -0.667. The molecule has 17 nitrogen and oxygen atoms in total. The smallest absolute Gasteiger partial charge is 0.462 e. The highest BCUT2D eigenvalue weighted by Gasteiger charge is 2.30. The summed E-state index contributed by atoms with van der Waals surface area (Å²) in [6.07, 6.45) is 59.9. The first-order chi connectivity index (χ1) is 47.4. The van der Waals surface area contributed by atoms with E-state index in [1.807, 2.05) is 0 Å². The molecule has 0 bridgehead atoms. The fourth-order valence-corrected chi connectivity index (χ4v) is 13.7. The first kappa shape index (κ1) is 96.1. The molecule has 0 rings (SSSR count). The van der Waals surface area contributed by atoms with E-state index in [4.69, 9.17) is 37.0 Å². The van der Waals surface area contributed by atoms with Gasteiger partial charge in [-0.2, -0.15) is 0 Å². The number of carbonyl (C=O) groups is 4. The molecule has 0 saturated heterocycles. The van der Waals surface area contributed by atoms with Crippen LogP contribution in [-0.4, -0.2) is 96.7 Å². The minimum Gasteiger partial charge on any atom is -0.462 e. The van der Waals surface area contributed by atoms with Gasteiger partial charge < -0.3 is 33.8 Å². The van der Waals surface area contributed by atoms with Crippen molar-refractivity contribution in [3.05, 3.63) is 0 Å². The first-order valence-electron chi connectivity index (χ1n) is 41.0. The fraction of sp³-hybridized carbons (Fsp3) is 0.949. The monoisotopic (exact) mass is 1440 g/mol. The molecule has 6 atom stereocenters. The second-order valence-electron chi connectivity index (χ2n) is 29.2. The van der Waals surface area contributed by atoms with Crippen LogP contribution in [0.25, 0.3) is 0 Å². The summed E-state index contributed by atoms with van der Waals surface area (Å²) in [5, 5.41) is 10.6. The Hall–Kier alpha value is -1.94. The lowest BCUT2D eigenvalue weighted by molar-refractivity contribution is -0.161. The Morgan fingerprint density at radius 2 is 0.520 bits per heavy atom. The Morgan fingerprint density at radius 1 is 0.296 bits per heavy atom. The normalized spacial score (nSPS) is 14.2. The molecule has 0 aliphatic carbocycles. The number of ether oxygens (including phenoxy) is 4. The second-order valence-corrected chi connectivity index (χ2v) is 32.1. The minimum absolute atomic E-state index is 0.104. The Bertz CT molecular complexity index is 1890. The molecule has 0 aromatic rings. The highest BCUT2D eigenvalue weighted by atomic mass is 31.2. The predicted octanol–water partition coefficient (Wildman–Crippen LogP) is 23.5. The van der Waals surface area contributed by atoms with Gasteiger partial charge in [-0.15, -0.1) is 0 Å². The van der Waals surface area contributed by atoms with Gasteiger partial charge in [-0.3, -0.25) is 37.3 Å². The van der Waals surface area contributed by atoms with Gasteiger partial charge in [0.15, 0.2) is 12.2 Å². The van der Waals surface area contributed by atoms with Crippen LogP contribution < -0.4 is 0 Å². The maximum absolute atomic E-state index is 13.1. The number of carbonyl (C=O) groups excluding carboxylic acids is 4. The summed E-state index contributed by atoms with van der Waals surface area (Å²) in [5.41, 5.74) is 0. The molecular formula is C79H154O17P2. The van der Waals surface area contributed by atoms with Crippen LogP contribution in [0.1, 0.15) is 414 Å². The van der Waals surface area contributed by atoms with Crippen LogP contribution in [0.5, 0.6) is 0 Å². The van der Waals surface area contributed by atoms with Crippen LogP contribution in [0.3, 0.4) is 0 Å². The summed E-state index contributed by atoms with van der Waals surface area (Å²) in [6.45, 7) is 9.53. The molecule has 0 aliphatic rings. The molecule has 0 fully saturated rings. The standard InChI is InChI=1S/C79H154O17P2/c1-7-10-12-14-16-18-20-22-24-25-26-27-28-29-30-32-34-36-38-43-51-57-63-78(83)95-74(67-89-76(81)61-55-49-42-37-35-33-31-23-21-19-17-15-13-11-8-2)69-93-97(85,86)91-65-73(80)66-92-98(87,88)94-70-75(68-90-77(82)62-56-50-46-45-48-54-60-72(6)9-3)96-79(84)64-58-52-44-40-39-41-47-53-59-71(4)5/h71-75,80H,7-70H2,1-6H3,(H,85,86)(H,87,88)/t72?,73-,74-,75-/m1/s1. The van der Waals surface area contributed by atoms with Crippen LogP contribution >= 0.6 is 15.6 Å². The number of hydrogen-bond acceptors (Lipinski definition) is 15. The molecule has 0 aliphatic heterocycles. The fourth-order valence-electron chi connectivity index (χ4n) is 12.2. The number of rotatable bonds is 78. The highest BCUT2D eigenvalue weighted by molar-refractivity contribution is 7.47. The Kier molecular flexibility index (Phi) is 69.3. The van der Waals surface area contributed by atoms with E-state index in [0.717, 1.165) is 108 Å². The lowest BCUT2D eigenvalue weighted by Crippen LogP contribution is -2.30. The van der Waals surface area contributed by atoms with E-state index in [1.165, 1.54) is 225 Å². The van der Waals surface area contributed by atoms with Crippen molar-refractivity contribution in [2.45, 2.75) is 432 Å². The van der Waals surface area contributed by atoms with Gasteiger partial charge in [0, 0.05) is 25.7 Å². The van der Waals surface area contributed by atoms with Crippen LogP contribution in [0.2, 0.25) is 0 Å². The summed E-state index contributed by atoms with van der Waals surface area (Å²) < 4.78 is 68.6. The van der Waals surface area contributed by atoms with Crippen molar-refractivity contribution >= 4 is 39.5 Å². The largest absolute Gasteiger partial charge is 0.472 e. The third-order valence-corrected chi connectivity index (χ3v) is 20.7. The van der Waals surface area contributed by atoms with Crippen molar-refractivity contribution in [2.24, 2.45) is 11.8 Å². The van der Waals surface area contributed by atoms with Crippen LogP contribution in [0.15, 0.2) is 0 Å². The molecular weight excluding hydrogens is 1280 g/mol. The lowest BCUT2D eigenvalue weighted by atomic mass is 10.00. The minimum atomic E-state index is -4.96. The Labute approximate surface area is 600 Å². The third kappa shape index (κ3) is 71.1. The summed E-state index contributed by atoms with van der Waals surface area (Å²) in [4.78, 5) is 72.9. The van der Waals surface area contributed by atoms with Crippen molar-refractivity contribution in [2.75, 3.05) is 39.6 Å². The van der Waals surface area contributed by atoms with E-state index >= 15 is 0 Å².